The molecule has 1 aromatic rings. The van der Waals surface area contributed by atoms with Gasteiger partial charge in [-0.1, -0.05) is 36.7 Å². The zero-order valence-electron chi connectivity index (χ0n) is 9.67. The summed E-state index contributed by atoms with van der Waals surface area (Å²) in [5.74, 6) is -0.360. The van der Waals surface area contributed by atoms with Crippen molar-refractivity contribution in [3.05, 3.63) is 34.1 Å². The van der Waals surface area contributed by atoms with Crippen LogP contribution in [-0.2, 0) is 0 Å². The minimum absolute atomic E-state index is 0.335. The first-order valence-electron chi connectivity index (χ1n) is 5.11. The molecule has 90 valence electrons. The van der Waals surface area contributed by atoms with Crippen LogP contribution in [0.25, 0.3) is 0 Å². The summed E-state index contributed by atoms with van der Waals surface area (Å²) in [5, 5.41) is 10.0. The van der Waals surface area contributed by atoms with E-state index in [1.54, 1.807) is 6.07 Å². The van der Waals surface area contributed by atoms with Gasteiger partial charge < -0.3 is 10.8 Å². The highest BCUT2D eigenvalue weighted by Crippen LogP contribution is 2.30. The summed E-state index contributed by atoms with van der Waals surface area (Å²) in [6.07, 6.45) is -0.721. The SMILES string of the molecule is CC(C)(C)[C@H](O)[C@H](N)c1cc(F)cc(Br)c1. The standard InChI is InChI=1S/C12H17BrFNO/c1-12(2,3)11(16)10(15)7-4-8(13)6-9(14)5-7/h4-6,10-11,16H,15H2,1-3H3/t10-,11-/m1/s1. The molecule has 0 fully saturated rings. The van der Waals surface area contributed by atoms with Gasteiger partial charge in [-0.05, 0) is 29.2 Å². The number of hydrogen-bond acceptors (Lipinski definition) is 2. The molecule has 1 aromatic carbocycles. The summed E-state index contributed by atoms with van der Waals surface area (Å²) in [6, 6.07) is 3.85. The van der Waals surface area contributed by atoms with Crippen molar-refractivity contribution in [2.75, 3.05) is 0 Å². The van der Waals surface area contributed by atoms with E-state index in [9.17, 15) is 9.50 Å². The summed E-state index contributed by atoms with van der Waals surface area (Å²) in [5.41, 5.74) is 6.18. The van der Waals surface area contributed by atoms with E-state index in [1.807, 2.05) is 20.8 Å². The highest BCUT2D eigenvalue weighted by molar-refractivity contribution is 9.10. The molecule has 2 atom stereocenters. The topological polar surface area (TPSA) is 46.2 Å². The molecule has 0 aromatic heterocycles. The Morgan fingerprint density at radius 3 is 2.31 bits per heavy atom. The molecule has 0 aliphatic carbocycles. The monoisotopic (exact) mass is 289 g/mol. The van der Waals surface area contributed by atoms with Crippen LogP contribution < -0.4 is 5.73 Å². The number of nitrogens with two attached hydrogens (primary N) is 1. The molecule has 0 unspecified atom stereocenters. The molecule has 2 nitrogen and oxygen atoms in total. The lowest BCUT2D eigenvalue weighted by Gasteiger charge is -2.31. The molecule has 0 aliphatic heterocycles. The Bertz CT molecular complexity index is 356. The molecule has 16 heavy (non-hydrogen) atoms. The van der Waals surface area contributed by atoms with Crippen molar-refractivity contribution < 1.29 is 9.50 Å². The zero-order chi connectivity index (χ0) is 12.5. The van der Waals surface area contributed by atoms with Gasteiger partial charge in [0.1, 0.15) is 5.82 Å². The largest absolute Gasteiger partial charge is 0.391 e. The van der Waals surface area contributed by atoms with Gasteiger partial charge in [0.15, 0.2) is 0 Å². The Morgan fingerprint density at radius 2 is 1.88 bits per heavy atom. The van der Waals surface area contributed by atoms with Crippen LogP contribution in [0.1, 0.15) is 32.4 Å². The van der Waals surface area contributed by atoms with Gasteiger partial charge >= 0.3 is 0 Å². The predicted octanol–water partition coefficient (Wildman–Crippen LogP) is 3.00. The van der Waals surface area contributed by atoms with Crippen molar-refractivity contribution in [2.24, 2.45) is 11.1 Å². The lowest BCUT2D eigenvalue weighted by atomic mass is 9.82. The second kappa shape index (κ2) is 4.82. The minimum Gasteiger partial charge on any atom is -0.391 e. The predicted molar refractivity (Wildman–Crippen MR) is 66.5 cm³/mol. The van der Waals surface area contributed by atoms with Gasteiger partial charge in [0.25, 0.3) is 0 Å². The fraction of sp³-hybridized carbons (Fsp3) is 0.500. The van der Waals surface area contributed by atoms with E-state index in [2.05, 4.69) is 15.9 Å². The van der Waals surface area contributed by atoms with Gasteiger partial charge in [0.2, 0.25) is 0 Å². The lowest BCUT2D eigenvalue weighted by molar-refractivity contribution is 0.0400. The van der Waals surface area contributed by atoms with Crippen LogP contribution in [0.5, 0.6) is 0 Å². The Balaban J connectivity index is 3.00. The third kappa shape index (κ3) is 3.27. The first-order valence-corrected chi connectivity index (χ1v) is 5.91. The van der Waals surface area contributed by atoms with Crippen molar-refractivity contribution >= 4 is 15.9 Å². The lowest BCUT2D eigenvalue weighted by Crippen LogP contribution is -2.37. The number of halogens is 2. The Kier molecular flexibility index (Phi) is 4.10. The quantitative estimate of drug-likeness (QED) is 0.879. The van der Waals surface area contributed by atoms with Crippen LogP contribution in [0.4, 0.5) is 4.39 Å². The van der Waals surface area contributed by atoms with Gasteiger partial charge in [-0.3, -0.25) is 0 Å². The molecule has 0 spiro atoms. The van der Waals surface area contributed by atoms with E-state index < -0.39 is 12.1 Å². The Labute approximate surface area is 104 Å². The van der Waals surface area contributed by atoms with E-state index in [4.69, 9.17) is 5.73 Å². The van der Waals surface area contributed by atoms with Crippen LogP contribution in [0.3, 0.4) is 0 Å². The minimum atomic E-state index is -0.721. The third-order valence-electron chi connectivity index (χ3n) is 2.50. The van der Waals surface area contributed by atoms with Crippen LogP contribution in [0.15, 0.2) is 22.7 Å². The maximum atomic E-state index is 13.2. The molecule has 0 aliphatic rings. The number of aliphatic hydroxyl groups excluding tert-OH is 1. The number of aliphatic hydroxyl groups is 1. The van der Waals surface area contributed by atoms with E-state index >= 15 is 0 Å². The Morgan fingerprint density at radius 1 is 1.31 bits per heavy atom. The van der Waals surface area contributed by atoms with Crippen molar-refractivity contribution in [1.29, 1.82) is 0 Å². The molecule has 0 heterocycles. The average Bonchev–Trinajstić information content (AvgIpc) is 2.12. The van der Waals surface area contributed by atoms with Crippen LogP contribution in [-0.4, -0.2) is 11.2 Å². The second-order valence-electron chi connectivity index (χ2n) is 5.04. The van der Waals surface area contributed by atoms with Crippen LogP contribution in [0, 0.1) is 11.2 Å². The van der Waals surface area contributed by atoms with Crippen LogP contribution >= 0.6 is 15.9 Å². The van der Waals surface area contributed by atoms with E-state index in [-0.39, 0.29) is 11.2 Å². The second-order valence-corrected chi connectivity index (χ2v) is 5.96. The molecule has 0 amide bonds. The molecule has 1 rings (SSSR count). The number of benzene rings is 1. The fourth-order valence-electron chi connectivity index (χ4n) is 1.49. The van der Waals surface area contributed by atoms with Gasteiger partial charge in [0.05, 0.1) is 12.1 Å². The molecule has 0 bridgehead atoms. The van der Waals surface area contributed by atoms with Crippen molar-refractivity contribution in [2.45, 2.75) is 32.9 Å². The van der Waals surface area contributed by atoms with E-state index in [0.29, 0.717) is 10.0 Å². The molecule has 0 radical (unpaired) electrons. The average molecular weight is 290 g/mol. The van der Waals surface area contributed by atoms with Gasteiger partial charge in [-0.2, -0.15) is 0 Å². The van der Waals surface area contributed by atoms with Gasteiger partial charge in [-0.15, -0.1) is 0 Å². The molecule has 4 heteroatoms. The van der Waals surface area contributed by atoms with E-state index in [0.717, 1.165) is 0 Å². The molecule has 3 N–H and O–H groups in total. The molecular formula is C12H17BrFNO. The smallest absolute Gasteiger partial charge is 0.124 e. The third-order valence-corrected chi connectivity index (χ3v) is 2.96. The van der Waals surface area contributed by atoms with Gasteiger partial charge in [0, 0.05) is 4.47 Å². The summed E-state index contributed by atoms with van der Waals surface area (Å²) in [6.45, 7) is 5.68. The Hall–Kier alpha value is -0.450. The maximum Gasteiger partial charge on any atom is 0.124 e. The number of rotatable bonds is 2. The van der Waals surface area contributed by atoms with Crippen LogP contribution in [0.2, 0.25) is 0 Å². The normalized spacial score (nSPS) is 15.9. The number of hydrogen-bond donors (Lipinski definition) is 2. The first kappa shape index (κ1) is 13.6. The highest BCUT2D eigenvalue weighted by atomic mass is 79.9. The van der Waals surface area contributed by atoms with Crippen molar-refractivity contribution in [1.82, 2.24) is 0 Å². The fourth-order valence-corrected chi connectivity index (χ4v) is 1.97. The zero-order valence-corrected chi connectivity index (χ0v) is 11.3. The van der Waals surface area contributed by atoms with E-state index in [1.165, 1.54) is 12.1 Å². The summed E-state index contributed by atoms with van der Waals surface area (Å²) < 4.78 is 13.8. The van der Waals surface area contributed by atoms with Crippen molar-refractivity contribution in [3.8, 4) is 0 Å². The van der Waals surface area contributed by atoms with Crippen molar-refractivity contribution in [3.63, 3.8) is 0 Å². The van der Waals surface area contributed by atoms with Gasteiger partial charge in [-0.25, -0.2) is 4.39 Å². The molecular weight excluding hydrogens is 273 g/mol. The summed E-state index contributed by atoms with van der Waals surface area (Å²) >= 11 is 3.20. The first-order chi connectivity index (χ1) is 7.21. The highest BCUT2D eigenvalue weighted by Gasteiger charge is 2.29. The maximum absolute atomic E-state index is 13.2. The summed E-state index contributed by atoms with van der Waals surface area (Å²) in [4.78, 5) is 0. The summed E-state index contributed by atoms with van der Waals surface area (Å²) in [7, 11) is 0. The molecule has 0 saturated carbocycles. The molecule has 0 saturated heterocycles.